The summed E-state index contributed by atoms with van der Waals surface area (Å²) in [6.45, 7) is 4.31. The van der Waals surface area contributed by atoms with Crippen molar-refractivity contribution in [2.45, 2.75) is 30.4 Å². The summed E-state index contributed by atoms with van der Waals surface area (Å²) in [4.78, 5) is 12.7. The molecule has 1 unspecified atom stereocenters. The van der Waals surface area contributed by atoms with Gasteiger partial charge in [-0.15, -0.1) is 0 Å². The predicted octanol–water partition coefficient (Wildman–Crippen LogP) is 4.27. The molecule has 1 atom stereocenters. The molecule has 0 saturated carbocycles. The van der Waals surface area contributed by atoms with Gasteiger partial charge in [-0.05, 0) is 0 Å². The van der Waals surface area contributed by atoms with Gasteiger partial charge in [0.1, 0.15) is 0 Å². The maximum absolute atomic E-state index is 12.7. The fourth-order valence-corrected chi connectivity index (χ4v) is 10.4. The summed E-state index contributed by atoms with van der Waals surface area (Å²) in [7, 11) is 0. The third-order valence-electron chi connectivity index (χ3n) is 4.47. The second kappa shape index (κ2) is 6.17. The van der Waals surface area contributed by atoms with Crippen LogP contribution in [-0.4, -0.2) is 19.8 Å². The summed E-state index contributed by atoms with van der Waals surface area (Å²) in [6.07, 6.45) is 0. The first-order valence-electron chi connectivity index (χ1n) is 7.84. The minimum atomic E-state index is -2.87. The molecule has 2 aromatic rings. The number of rotatable bonds is 4. The number of benzene rings is 2. The van der Waals surface area contributed by atoms with Crippen LogP contribution in [0, 0.1) is 0 Å². The predicted molar refractivity (Wildman–Crippen MR) is 90.9 cm³/mol. The zero-order valence-corrected chi connectivity index (χ0v) is 15.1. The van der Waals surface area contributed by atoms with Crippen LogP contribution in [-0.2, 0) is 8.56 Å². The zero-order chi connectivity index (χ0) is 15.6. The fraction of sp³-hybridized carbons (Fsp3) is 0.278. The molecule has 2 aromatic carbocycles. The summed E-state index contributed by atoms with van der Waals surface area (Å²) in [5.41, 5.74) is 2.12. The Kier molecular flexibility index (Phi) is 4.25. The molecule has 0 radical (unpaired) electrons. The number of hydrogen-bond donors (Lipinski definition) is 0. The van der Waals surface area contributed by atoms with E-state index >= 15 is 0 Å². The van der Waals surface area contributed by atoms with Crippen LogP contribution in [0.25, 0.3) is 0 Å². The molecule has 0 amide bonds. The van der Waals surface area contributed by atoms with Crippen molar-refractivity contribution in [3.8, 4) is 0 Å². The quantitative estimate of drug-likeness (QED) is 0.767. The molecule has 3 nitrogen and oxygen atoms in total. The Morgan fingerprint density at radius 1 is 0.955 bits per heavy atom. The van der Waals surface area contributed by atoms with Crippen molar-refractivity contribution in [3.63, 3.8) is 0 Å². The van der Waals surface area contributed by atoms with Gasteiger partial charge in [0.25, 0.3) is 0 Å². The number of anilines is 1. The Morgan fingerprint density at radius 3 is 2.05 bits per heavy atom. The molecule has 3 rings (SSSR count). The van der Waals surface area contributed by atoms with E-state index in [2.05, 4.69) is 29.8 Å². The van der Waals surface area contributed by atoms with Crippen molar-refractivity contribution >= 4 is 25.5 Å². The van der Waals surface area contributed by atoms with Gasteiger partial charge in [-0.25, -0.2) is 0 Å². The Bertz CT molecular complexity index is 641. The van der Waals surface area contributed by atoms with Crippen LogP contribution < -0.4 is 3.86 Å². The van der Waals surface area contributed by atoms with Gasteiger partial charge in [-0.1, -0.05) is 0 Å². The summed E-state index contributed by atoms with van der Waals surface area (Å²) in [5.74, 6) is -0.0845. The molecule has 114 valence electrons. The first-order chi connectivity index (χ1) is 10.7. The Balaban J connectivity index is 2.13. The van der Waals surface area contributed by atoms with Gasteiger partial charge in [-0.2, -0.15) is 0 Å². The molecular weight excluding hydrogens is 335 g/mol. The van der Waals surface area contributed by atoms with E-state index in [1.54, 1.807) is 0 Å². The number of carbonyl (C=O) groups excluding carboxylic acids is 1. The molecule has 1 heterocycles. The van der Waals surface area contributed by atoms with Gasteiger partial charge in [0.05, 0.1) is 0 Å². The van der Waals surface area contributed by atoms with Crippen molar-refractivity contribution in [3.05, 3.63) is 66.2 Å². The van der Waals surface area contributed by atoms with Gasteiger partial charge in [0.15, 0.2) is 0 Å². The van der Waals surface area contributed by atoms with E-state index < -0.39 is 13.8 Å². The van der Waals surface area contributed by atoms with Crippen LogP contribution in [0.5, 0.6) is 0 Å². The van der Waals surface area contributed by atoms with Crippen molar-refractivity contribution in [1.82, 2.24) is 0 Å². The van der Waals surface area contributed by atoms with Crippen LogP contribution >= 0.6 is 0 Å². The van der Waals surface area contributed by atoms with E-state index in [4.69, 9.17) is 3.76 Å². The molecule has 0 bridgehead atoms. The first kappa shape index (κ1) is 15.2. The van der Waals surface area contributed by atoms with Crippen LogP contribution in [0.4, 0.5) is 5.69 Å². The molecular formula is C18H21GeNO2. The molecule has 1 saturated heterocycles. The van der Waals surface area contributed by atoms with E-state index in [-0.39, 0.29) is 12.0 Å². The van der Waals surface area contributed by atoms with Gasteiger partial charge in [-0.3, -0.25) is 0 Å². The van der Waals surface area contributed by atoms with Crippen LogP contribution in [0.15, 0.2) is 60.7 Å². The average Bonchev–Trinajstić information content (AvgIpc) is 2.89. The number of hydrogen-bond acceptors (Lipinski definition) is 3. The van der Waals surface area contributed by atoms with Crippen molar-refractivity contribution in [2.75, 3.05) is 3.86 Å². The van der Waals surface area contributed by atoms with Gasteiger partial charge in [0, 0.05) is 0 Å². The summed E-state index contributed by atoms with van der Waals surface area (Å²) in [5, 5.41) is 1.89. The average molecular weight is 356 g/mol. The number of nitrogens with zero attached hydrogens (tertiary/aromatic N) is 1. The van der Waals surface area contributed by atoms with Crippen LogP contribution in [0.2, 0.25) is 10.5 Å². The Morgan fingerprint density at radius 2 is 1.50 bits per heavy atom. The molecule has 22 heavy (non-hydrogen) atoms. The molecule has 1 fully saturated rings. The van der Waals surface area contributed by atoms with E-state index in [0.717, 1.165) is 21.8 Å². The van der Waals surface area contributed by atoms with Crippen molar-refractivity contribution in [2.24, 2.45) is 0 Å². The topological polar surface area (TPSA) is 29.5 Å². The normalized spacial score (nSPS) is 20.0. The van der Waals surface area contributed by atoms with E-state index in [9.17, 15) is 4.79 Å². The van der Waals surface area contributed by atoms with Gasteiger partial charge < -0.3 is 0 Å². The monoisotopic (exact) mass is 357 g/mol. The Labute approximate surface area is 134 Å². The molecule has 1 aliphatic rings. The second-order valence-electron chi connectivity index (χ2n) is 5.59. The summed E-state index contributed by atoms with van der Waals surface area (Å²) < 4.78 is 8.39. The second-order valence-corrected chi connectivity index (χ2v) is 14.0. The summed E-state index contributed by atoms with van der Waals surface area (Å²) >= 11 is -2.87. The summed E-state index contributed by atoms with van der Waals surface area (Å²) in [6, 6.07) is 19.9. The van der Waals surface area contributed by atoms with Crippen LogP contribution in [0.3, 0.4) is 0 Å². The SMILES string of the molecule is C[CH2][Ge]1([CH2]C)[O]C(=O)C(c2ccccc2)[N]1c1ccccc1. The maximum atomic E-state index is 12.7. The first-order valence-corrected chi connectivity index (χ1v) is 12.6. The van der Waals surface area contributed by atoms with Crippen molar-refractivity contribution < 1.29 is 8.56 Å². The van der Waals surface area contributed by atoms with Gasteiger partial charge >= 0.3 is 135 Å². The third kappa shape index (κ3) is 2.43. The molecule has 0 aliphatic carbocycles. The molecule has 4 heteroatoms. The molecule has 0 spiro atoms. The van der Waals surface area contributed by atoms with E-state index in [0.29, 0.717) is 0 Å². The number of para-hydroxylation sites is 1. The molecule has 0 N–H and O–H groups in total. The standard InChI is InChI=1S/C18H21GeNO2/c1-3-19(4-2)20(16-13-9-6-10-14-16)17(18(21)22-19)15-11-7-5-8-12-15/h5-14,17H,3-4H2,1-2H3. The zero-order valence-electron chi connectivity index (χ0n) is 13.0. The van der Waals surface area contributed by atoms with E-state index in [1.165, 1.54) is 0 Å². The van der Waals surface area contributed by atoms with Crippen LogP contribution in [0.1, 0.15) is 25.5 Å². The van der Waals surface area contributed by atoms with Crippen molar-refractivity contribution in [1.29, 1.82) is 0 Å². The third-order valence-corrected chi connectivity index (χ3v) is 13.2. The fourth-order valence-electron chi connectivity index (χ4n) is 3.26. The Hall–Kier alpha value is -1.75. The minimum absolute atomic E-state index is 0.0845. The van der Waals surface area contributed by atoms with E-state index in [1.807, 2.05) is 48.5 Å². The number of carbonyl (C=O) groups is 1. The van der Waals surface area contributed by atoms with Gasteiger partial charge in [0.2, 0.25) is 0 Å². The molecule has 0 aromatic heterocycles. The molecule has 1 aliphatic heterocycles.